The van der Waals surface area contributed by atoms with Crippen molar-refractivity contribution < 1.29 is 38.1 Å². The first-order valence-electron chi connectivity index (χ1n) is 11.7. The number of hydrogen-bond donors (Lipinski definition) is 1. The molecule has 0 amide bonds. The second kappa shape index (κ2) is 7.97. The molecule has 1 heterocycles. The number of aliphatic hydroxyl groups is 1. The van der Waals surface area contributed by atoms with Crippen molar-refractivity contribution in [2.75, 3.05) is 0 Å². The molecule has 8 nitrogen and oxygen atoms in total. The molecule has 34 heavy (non-hydrogen) atoms. The van der Waals surface area contributed by atoms with Gasteiger partial charge in [-0.2, -0.15) is 0 Å². The molecule has 3 aliphatic rings. The Bertz CT molecular complexity index is 1040. The summed E-state index contributed by atoms with van der Waals surface area (Å²) in [4.78, 5) is 36.8. The van der Waals surface area contributed by atoms with E-state index in [0.29, 0.717) is 30.6 Å². The van der Waals surface area contributed by atoms with Crippen molar-refractivity contribution >= 4 is 23.5 Å². The Hall–Kier alpha value is -2.61. The minimum atomic E-state index is -1.70. The largest absolute Gasteiger partial charge is 0.469 e. The van der Waals surface area contributed by atoms with Gasteiger partial charge in [-0.05, 0) is 35.8 Å². The van der Waals surface area contributed by atoms with Crippen LogP contribution in [0.4, 0.5) is 0 Å². The average molecular weight is 475 g/mol. The van der Waals surface area contributed by atoms with E-state index in [1.165, 1.54) is 20.8 Å². The van der Waals surface area contributed by atoms with Crippen LogP contribution in [0.15, 0.2) is 23.3 Å². The number of hydrogen-bond acceptors (Lipinski definition) is 8. The number of carbonyl (C=O) groups is 3. The maximum absolute atomic E-state index is 12.8. The predicted octanol–water partition coefficient (Wildman–Crippen LogP) is 3.45. The lowest BCUT2D eigenvalue weighted by molar-refractivity contribution is -0.332. The van der Waals surface area contributed by atoms with Gasteiger partial charge in [0.2, 0.25) is 0 Å². The van der Waals surface area contributed by atoms with Crippen LogP contribution in [-0.4, -0.2) is 46.9 Å². The molecule has 0 saturated heterocycles. The summed E-state index contributed by atoms with van der Waals surface area (Å²) in [6, 6.07) is 1.82. The topological polar surface area (TPSA) is 112 Å². The van der Waals surface area contributed by atoms with Crippen molar-refractivity contribution in [2.45, 2.75) is 84.7 Å². The number of esters is 3. The Kier molecular flexibility index (Phi) is 5.75. The van der Waals surface area contributed by atoms with Gasteiger partial charge in [-0.1, -0.05) is 27.4 Å². The standard InChI is InChI=1S/C26H34O8/c1-13-17-9-11-31-19(17)12-18-21(13)22(33-15(3)28)23(34-16(4)29)26(30)24(5,6)10-8-20(25(18,26)7)32-14(2)27/h9,11,18,20-23,30H,1,8,10,12H2,2-7H3. The molecule has 0 aromatic carbocycles. The zero-order chi connectivity index (χ0) is 25.2. The van der Waals surface area contributed by atoms with E-state index in [2.05, 4.69) is 6.58 Å². The molecule has 1 N–H and O–H groups in total. The van der Waals surface area contributed by atoms with Gasteiger partial charge in [-0.3, -0.25) is 14.4 Å². The minimum Gasteiger partial charge on any atom is -0.469 e. The number of furan rings is 1. The highest BCUT2D eigenvalue weighted by Gasteiger charge is 2.77. The van der Waals surface area contributed by atoms with Gasteiger partial charge in [0.15, 0.2) is 6.10 Å². The summed E-state index contributed by atoms with van der Waals surface area (Å²) in [5, 5.41) is 12.8. The van der Waals surface area contributed by atoms with Gasteiger partial charge < -0.3 is 23.7 Å². The first kappa shape index (κ1) is 24.5. The van der Waals surface area contributed by atoms with E-state index in [-0.39, 0.29) is 5.92 Å². The van der Waals surface area contributed by atoms with Crippen molar-refractivity contribution in [3.8, 4) is 0 Å². The van der Waals surface area contributed by atoms with Crippen LogP contribution >= 0.6 is 0 Å². The van der Waals surface area contributed by atoms with E-state index in [1.807, 2.05) is 26.8 Å². The van der Waals surface area contributed by atoms with Crippen LogP contribution in [0.25, 0.3) is 5.57 Å². The van der Waals surface area contributed by atoms with E-state index >= 15 is 0 Å². The molecule has 3 aliphatic carbocycles. The first-order chi connectivity index (χ1) is 15.8. The molecule has 0 bridgehead atoms. The molecule has 0 aliphatic heterocycles. The summed E-state index contributed by atoms with van der Waals surface area (Å²) in [5.41, 5.74) is -2.05. The van der Waals surface area contributed by atoms with Gasteiger partial charge >= 0.3 is 17.9 Å². The molecular formula is C26H34O8. The predicted molar refractivity (Wildman–Crippen MR) is 121 cm³/mol. The van der Waals surface area contributed by atoms with Crippen LogP contribution in [0.1, 0.15) is 65.7 Å². The molecule has 1 aromatic heterocycles. The van der Waals surface area contributed by atoms with E-state index in [1.54, 1.807) is 6.26 Å². The second-order valence-corrected chi connectivity index (χ2v) is 10.8. The minimum absolute atomic E-state index is 0.372. The van der Waals surface area contributed by atoms with Gasteiger partial charge in [0, 0.05) is 44.1 Å². The summed E-state index contributed by atoms with van der Waals surface area (Å²) in [6.45, 7) is 13.9. The first-order valence-corrected chi connectivity index (χ1v) is 11.7. The molecule has 0 radical (unpaired) electrons. The molecule has 0 spiro atoms. The monoisotopic (exact) mass is 474 g/mol. The fourth-order valence-electron chi connectivity index (χ4n) is 7.18. The molecule has 2 fully saturated rings. The smallest absolute Gasteiger partial charge is 0.303 e. The van der Waals surface area contributed by atoms with E-state index in [4.69, 9.17) is 18.6 Å². The third-order valence-corrected chi connectivity index (χ3v) is 8.62. The number of ether oxygens (including phenoxy) is 3. The SMILES string of the molecule is C=C1c2ccoc2CC2C1C(OC(C)=O)C(OC(C)=O)C1(O)C(C)(C)CCC(OC(C)=O)C21C. The van der Waals surface area contributed by atoms with Gasteiger partial charge in [0.05, 0.1) is 6.26 Å². The van der Waals surface area contributed by atoms with Crippen molar-refractivity contribution in [1.82, 2.24) is 0 Å². The maximum atomic E-state index is 12.8. The van der Waals surface area contributed by atoms with Gasteiger partial charge in [0.25, 0.3) is 0 Å². The summed E-state index contributed by atoms with van der Waals surface area (Å²) in [7, 11) is 0. The zero-order valence-electron chi connectivity index (χ0n) is 20.7. The highest BCUT2D eigenvalue weighted by molar-refractivity contribution is 5.73. The summed E-state index contributed by atoms with van der Waals surface area (Å²) in [6.07, 6.45) is 0.206. The van der Waals surface area contributed by atoms with Crippen LogP contribution in [0.5, 0.6) is 0 Å². The molecular weight excluding hydrogens is 440 g/mol. The lowest BCUT2D eigenvalue weighted by Crippen LogP contribution is -2.80. The molecule has 8 heteroatoms. The van der Waals surface area contributed by atoms with E-state index in [0.717, 1.165) is 5.56 Å². The van der Waals surface area contributed by atoms with Crippen molar-refractivity contribution in [3.05, 3.63) is 30.2 Å². The molecule has 7 atom stereocenters. The second-order valence-electron chi connectivity index (χ2n) is 10.8. The molecule has 1 aromatic rings. The number of carbonyl (C=O) groups excluding carboxylic acids is 3. The highest BCUT2D eigenvalue weighted by atomic mass is 16.6. The molecule has 2 saturated carbocycles. The Morgan fingerprint density at radius 1 is 1.06 bits per heavy atom. The maximum Gasteiger partial charge on any atom is 0.303 e. The normalized spacial score (nSPS) is 38.1. The average Bonchev–Trinajstić information content (AvgIpc) is 3.19. The molecule has 186 valence electrons. The Balaban J connectivity index is 2.02. The Labute approximate surface area is 199 Å². The summed E-state index contributed by atoms with van der Waals surface area (Å²) in [5.74, 6) is -1.76. The van der Waals surface area contributed by atoms with Gasteiger partial charge in [-0.15, -0.1) is 0 Å². The fraction of sp³-hybridized carbons (Fsp3) is 0.654. The lowest BCUT2D eigenvalue weighted by atomic mass is 9.39. The van der Waals surface area contributed by atoms with Crippen LogP contribution < -0.4 is 0 Å². The van der Waals surface area contributed by atoms with Crippen LogP contribution in [0, 0.1) is 22.7 Å². The Morgan fingerprint density at radius 3 is 2.26 bits per heavy atom. The van der Waals surface area contributed by atoms with Crippen molar-refractivity contribution in [1.29, 1.82) is 0 Å². The van der Waals surface area contributed by atoms with Crippen molar-refractivity contribution in [3.63, 3.8) is 0 Å². The third kappa shape index (κ3) is 3.25. The van der Waals surface area contributed by atoms with E-state index < -0.39 is 58.6 Å². The number of fused-ring (bicyclic) bond motifs is 4. The third-order valence-electron chi connectivity index (χ3n) is 8.62. The number of rotatable bonds is 3. The summed E-state index contributed by atoms with van der Waals surface area (Å²) < 4.78 is 23.3. The van der Waals surface area contributed by atoms with E-state index in [9.17, 15) is 19.5 Å². The highest BCUT2D eigenvalue weighted by Crippen LogP contribution is 2.68. The van der Waals surface area contributed by atoms with Gasteiger partial charge in [0.1, 0.15) is 23.6 Å². The quantitative estimate of drug-likeness (QED) is 0.524. The fourth-order valence-corrected chi connectivity index (χ4v) is 7.18. The van der Waals surface area contributed by atoms with Crippen LogP contribution in [0.2, 0.25) is 0 Å². The Morgan fingerprint density at radius 2 is 1.68 bits per heavy atom. The summed E-state index contributed by atoms with van der Waals surface area (Å²) >= 11 is 0. The lowest BCUT2D eigenvalue weighted by Gasteiger charge is -2.69. The van der Waals surface area contributed by atoms with Gasteiger partial charge in [-0.25, -0.2) is 0 Å². The molecule has 4 rings (SSSR count). The van der Waals surface area contributed by atoms with Crippen molar-refractivity contribution in [2.24, 2.45) is 22.7 Å². The zero-order valence-corrected chi connectivity index (χ0v) is 20.7. The van der Waals surface area contributed by atoms with Crippen LogP contribution in [0.3, 0.4) is 0 Å². The van der Waals surface area contributed by atoms with Crippen LogP contribution in [-0.2, 0) is 35.0 Å². The molecule has 7 unspecified atom stereocenters.